The number of fused-ring (bicyclic) bond motifs is 1. The van der Waals surface area contributed by atoms with Gasteiger partial charge in [0.1, 0.15) is 5.75 Å². The average molecular weight is 369 g/mol. The first-order valence-electron chi connectivity index (χ1n) is 8.59. The summed E-state index contributed by atoms with van der Waals surface area (Å²) in [5, 5.41) is 2.75. The second-order valence-electron chi connectivity index (χ2n) is 6.45. The Kier molecular flexibility index (Phi) is 6.80. The molecule has 1 aliphatic heterocycles. The van der Waals surface area contributed by atoms with Crippen LogP contribution in [0.25, 0.3) is 0 Å². The minimum absolute atomic E-state index is 0.118. The van der Waals surface area contributed by atoms with Gasteiger partial charge in [-0.25, -0.2) is 13.1 Å². The Labute approximate surface area is 149 Å². The van der Waals surface area contributed by atoms with E-state index in [9.17, 15) is 13.2 Å². The van der Waals surface area contributed by atoms with Gasteiger partial charge in [-0.1, -0.05) is 13.3 Å². The Hall–Kier alpha value is -1.64. The van der Waals surface area contributed by atoms with Gasteiger partial charge in [-0.05, 0) is 58.1 Å². The minimum Gasteiger partial charge on any atom is -0.478 e. The third kappa shape index (κ3) is 5.42. The van der Waals surface area contributed by atoms with Crippen LogP contribution in [0, 0.1) is 0 Å². The van der Waals surface area contributed by atoms with Gasteiger partial charge in [0.05, 0.1) is 10.6 Å². The van der Waals surface area contributed by atoms with Crippen molar-refractivity contribution in [1.29, 1.82) is 0 Å². The van der Waals surface area contributed by atoms with Crippen molar-refractivity contribution in [3.05, 3.63) is 18.2 Å². The number of nitrogens with one attached hydrogen (secondary N) is 2. The van der Waals surface area contributed by atoms with E-state index in [1.165, 1.54) is 12.1 Å². The predicted octanol–water partition coefficient (Wildman–Crippen LogP) is 1.81. The van der Waals surface area contributed by atoms with Crippen molar-refractivity contribution in [2.75, 3.05) is 32.5 Å². The van der Waals surface area contributed by atoms with Crippen molar-refractivity contribution in [1.82, 2.24) is 9.62 Å². The van der Waals surface area contributed by atoms with Crippen LogP contribution >= 0.6 is 0 Å². The molecule has 0 aromatic heterocycles. The number of hydrogen-bond donors (Lipinski definition) is 2. The van der Waals surface area contributed by atoms with Crippen molar-refractivity contribution in [3.63, 3.8) is 0 Å². The first-order valence-corrected chi connectivity index (χ1v) is 10.1. The van der Waals surface area contributed by atoms with Gasteiger partial charge in [-0.15, -0.1) is 0 Å². The molecule has 1 aromatic rings. The number of hydrogen-bond acceptors (Lipinski definition) is 5. The van der Waals surface area contributed by atoms with E-state index >= 15 is 0 Å². The molecule has 1 aromatic carbocycles. The third-order valence-electron chi connectivity index (χ3n) is 3.97. The van der Waals surface area contributed by atoms with Crippen LogP contribution < -0.4 is 14.8 Å². The molecular weight excluding hydrogens is 342 g/mol. The molecule has 8 heteroatoms. The fraction of sp³-hybridized carbons (Fsp3) is 0.588. The molecule has 2 rings (SSSR count). The van der Waals surface area contributed by atoms with Crippen LogP contribution in [0.4, 0.5) is 5.69 Å². The van der Waals surface area contributed by atoms with Crippen LogP contribution in [-0.4, -0.2) is 52.5 Å². The predicted molar refractivity (Wildman–Crippen MR) is 97.4 cm³/mol. The minimum atomic E-state index is -3.61. The maximum absolute atomic E-state index is 12.4. The van der Waals surface area contributed by atoms with E-state index in [0.717, 1.165) is 25.8 Å². The van der Waals surface area contributed by atoms with Crippen LogP contribution in [0.2, 0.25) is 0 Å². The van der Waals surface area contributed by atoms with Crippen LogP contribution in [0.1, 0.15) is 32.6 Å². The summed E-state index contributed by atoms with van der Waals surface area (Å²) in [4.78, 5) is 14.2. The van der Waals surface area contributed by atoms with E-state index < -0.39 is 16.1 Å². The van der Waals surface area contributed by atoms with E-state index in [1.807, 2.05) is 19.0 Å². The zero-order valence-corrected chi connectivity index (χ0v) is 15.9. The molecule has 0 saturated heterocycles. The molecule has 1 heterocycles. The molecule has 0 unspecified atom stereocenters. The lowest BCUT2D eigenvalue weighted by atomic mass is 10.1. The van der Waals surface area contributed by atoms with Crippen molar-refractivity contribution < 1.29 is 17.9 Å². The van der Waals surface area contributed by atoms with Gasteiger partial charge < -0.3 is 15.0 Å². The smallest absolute Gasteiger partial charge is 0.265 e. The normalized spacial score (nSPS) is 17.1. The molecule has 0 aliphatic carbocycles. The first kappa shape index (κ1) is 19.7. The van der Waals surface area contributed by atoms with Crippen molar-refractivity contribution in [2.45, 2.75) is 43.6 Å². The van der Waals surface area contributed by atoms with Gasteiger partial charge in [0.25, 0.3) is 5.91 Å². The summed E-state index contributed by atoms with van der Waals surface area (Å²) in [6.07, 6.45) is 2.73. The standard InChI is InChI=1S/C17H27N3O4S/c1-4-5-7-16-17(21)19-14-12-13(8-9-15(14)24-16)25(22,23)18-10-6-11-20(2)3/h8-9,12,16,18H,4-7,10-11H2,1-3H3,(H,19,21)/t16-/m1/s1. The Morgan fingerprint density at radius 2 is 2.04 bits per heavy atom. The van der Waals surface area contributed by atoms with Gasteiger partial charge in [0.15, 0.2) is 6.10 Å². The number of rotatable bonds is 9. The van der Waals surface area contributed by atoms with Gasteiger partial charge >= 0.3 is 0 Å². The van der Waals surface area contributed by atoms with Gasteiger partial charge in [0, 0.05) is 6.54 Å². The summed E-state index contributed by atoms with van der Waals surface area (Å²) < 4.78 is 33.0. The number of anilines is 1. The SMILES string of the molecule is CCCC[C@H]1Oc2ccc(S(=O)(=O)NCCCN(C)C)cc2NC1=O. The van der Waals surface area contributed by atoms with Crippen LogP contribution in [0.15, 0.2) is 23.1 Å². The molecule has 0 saturated carbocycles. The molecule has 0 bridgehead atoms. The summed E-state index contributed by atoms with van der Waals surface area (Å²) in [5.74, 6) is 0.279. The summed E-state index contributed by atoms with van der Waals surface area (Å²) in [6, 6.07) is 4.54. The first-order chi connectivity index (χ1) is 11.8. The van der Waals surface area contributed by atoms with E-state index in [0.29, 0.717) is 24.4 Å². The zero-order chi connectivity index (χ0) is 18.4. The summed E-state index contributed by atoms with van der Waals surface area (Å²) >= 11 is 0. The maximum atomic E-state index is 12.4. The summed E-state index contributed by atoms with van der Waals surface area (Å²) in [7, 11) is 0.266. The maximum Gasteiger partial charge on any atom is 0.265 e. The number of unbranched alkanes of at least 4 members (excludes halogenated alkanes) is 1. The number of ether oxygens (including phenoxy) is 1. The lowest BCUT2D eigenvalue weighted by molar-refractivity contribution is -0.123. The van der Waals surface area contributed by atoms with Crippen molar-refractivity contribution in [2.24, 2.45) is 0 Å². The topological polar surface area (TPSA) is 87.7 Å². The van der Waals surface area contributed by atoms with Crippen LogP contribution in [-0.2, 0) is 14.8 Å². The molecule has 2 N–H and O–H groups in total. The lowest BCUT2D eigenvalue weighted by Crippen LogP contribution is -2.37. The largest absolute Gasteiger partial charge is 0.478 e. The van der Waals surface area contributed by atoms with Crippen molar-refractivity contribution >= 4 is 21.6 Å². The quantitative estimate of drug-likeness (QED) is 0.648. The highest BCUT2D eigenvalue weighted by atomic mass is 32.2. The Morgan fingerprint density at radius 1 is 1.28 bits per heavy atom. The lowest BCUT2D eigenvalue weighted by Gasteiger charge is -2.26. The molecule has 7 nitrogen and oxygen atoms in total. The monoisotopic (exact) mass is 369 g/mol. The number of carbonyl (C=O) groups is 1. The Morgan fingerprint density at radius 3 is 2.72 bits per heavy atom. The zero-order valence-electron chi connectivity index (χ0n) is 15.0. The number of benzene rings is 1. The highest BCUT2D eigenvalue weighted by molar-refractivity contribution is 7.89. The number of sulfonamides is 1. The second-order valence-corrected chi connectivity index (χ2v) is 8.22. The van der Waals surface area contributed by atoms with Gasteiger partial charge in [-0.3, -0.25) is 4.79 Å². The third-order valence-corrected chi connectivity index (χ3v) is 5.43. The van der Waals surface area contributed by atoms with E-state index in [-0.39, 0.29) is 10.8 Å². The second kappa shape index (κ2) is 8.64. The summed E-state index contributed by atoms with van der Waals surface area (Å²) in [5.41, 5.74) is 0.397. The van der Waals surface area contributed by atoms with E-state index in [4.69, 9.17) is 4.74 Å². The average Bonchev–Trinajstić information content (AvgIpc) is 2.56. The van der Waals surface area contributed by atoms with Gasteiger partial charge in [-0.2, -0.15) is 0 Å². The fourth-order valence-electron chi connectivity index (χ4n) is 2.56. The Bertz CT molecular complexity index is 704. The molecule has 1 amide bonds. The van der Waals surface area contributed by atoms with Gasteiger partial charge in [0.2, 0.25) is 10.0 Å². The Balaban J connectivity index is 2.05. The highest BCUT2D eigenvalue weighted by Crippen LogP contribution is 2.32. The molecule has 0 fully saturated rings. The fourth-order valence-corrected chi connectivity index (χ4v) is 3.66. The molecule has 140 valence electrons. The van der Waals surface area contributed by atoms with E-state index in [2.05, 4.69) is 17.0 Å². The molecule has 25 heavy (non-hydrogen) atoms. The number of carbonyl (C=O) groups excluding carboxylic acids is 1. The number of nitrogens with zero attached hydrogens (tertiary/aromatic N) is 1. The number of amides is 1. The van der Waals surface area contributed by atoms with Crippen molar-refractivity contribution in [3.8, 4) is 5.75 Å². The highest BCUT2D eigenvalue weighted by Gasteiger charge is 2.28. The van der Waals surface area contributed by atoms with Crippen LogP contribution in [0.3, 0.4) is 0 Å². The van der Waals surface area contributed by atoms with E-state index in [1.54, 1.807) is 6.07 Å². The molecule has 1 atom stereocenters. The molecular formula is C17H27N3O4S. The molecule has 1 aliphatic rings. The summed E-state index contributed by atoms with van der Waals surface area (Å²) in [6.45, 7) is 3.21. The molecule has 0 radical (unpaired) electrons. The van der Waals surface area contributed by atoms with Crippen LogP contribution in [0.5, 0.6) is 5.75 Å². The molecule has 0 spiro atoms.